The molecule has 0 saturated carbocycles. The van der Waals surface area contributed by atoms with Crippen LogP contribution < -0.4 is 4.74 Å². The molecule has 0 aromatic heterocycles. The summed E-state index contributed by atoms with van der Waals surface area (Å²) in [7, 11) is 0. The fraction of sp³-hybridized carbons (Fsp3) is 0.0455. The number of hydrogen-bond donors (Lipinski definition) is 0. The molecule has 2 nitrogen and oxygen atoms in total. The Bertz CT molecular complexity index is 1070. The largest absolute Gasteiger partial charge is 0.486 e. The number of nitrogens with zero attached hydrogens (tertiary/aromatic N) is 1. The molecule has 0 unspecified atom stereocenters. The molecule has 0 atom stereocenters. The number of hydrogen-bond acceptors (Lipinski definition) is 2. The van der Waals surface area contributed by atoms with Gasteiger partial charge in [0.05, 0.1) is 21.1 Å². The Morgan fingerprint density at radius 3 is 2.39 bits per heavy atom. The summed E-state index contributed by atoms with van der Waals surface area (Å²) in [4.78, 5) is 0. The second-order valence-corrected chi connectivity index (χ2v) is 7.10. The maximum absolute atomic E-state index is 14.0. The number of ether oxygens (including phenoxy) is 1. The molecule has 0 amide bonds. The van der Waals surface area contributed by atoms with Gasteiger partial charge in [0, 0.05) is 11.1 Å². The highest BCUT2D eigenvalue weighted by Crippen LogP contribution is 2.36. The highest BCUT2D eigenvalue weighted by atomic mass is 79.9. The van der Waals surface area contributed by atoms with Crippen molar-refractivity contribution in [3.63, 3.8) is 0 Å². The zero-order valence-electron chi connectivity index (χ0n) is 14.4. The van der Waals surface area contributed by atoms with Crippen LogP contribution in [0.4, 0.5) is 8.78 Å². The zero-order valence-corrected chi connectivity index (χ0v) is 16.8. The lowest BCUT2D eigenvalue weighted by molar-refractivity contribution is 0.298. The minimum atomic E-state index is -0.481. The second kappa shape index (κ2) is 9.01. The normalized spacial score (nSPS) is 11.2. The van der Waals surface area contributed by atoms with E-state index in [1.807, 2.05) is 6.07 Å². The van der Waals surface area contributed by atoms with Crippen molar-refractivity contribution in [2.24, 2.45) is 0 Å². The first kappa shape index (κ1) is 20.1. The summed E-state index contributed by atoms with van der Waals surface area (Å²) in [5.74, 6) is -0.491. The van der Waals surface area contributed by atoms with Crippen molar-refractivity contribution in [3.8, 4) is 11.8 Å². The summed E-state index contributed by atoms with van der Waals surface area (Å²) in [5, 5.41) is 9.69. The molecular formula is C22H13BrClF2NO. The minimum absolute atomic E-state index is 0.0127. The molecule has 3 aromatic rings. The molecule has 0 saturated heterocycles. The molecule has 0 aliphatic heterocycles. The summed E-state index contributed by atoms with van der Waals surface area (Å²) in [6, 6.07) is 17.7. The number of rotatable bonds is 5. The van der Waals surface area contributed by atoms with Crippen LogP contribution in [0.3, 0.4) is 0 Å². The van der Waals surface area contributed by atoms with Crippen LogP contribution in [0.5, 0.6) is 5.75 Å². The van der Waals surface area contributed by atoms with Gasteiger partial charge >= 0.3 is 0 Å². The summed E-state index contributed by atoms with van der Waals surface area (Å²) in [5.41, 5.74) is 1.37. The lowest BCUT2D eigenvalue weighted by Gasteiger charge is -2.12. The third-order valence-electron chi connectivity index (χ3n) is 3.95. The first-order valence-electron chi connectivity index (χ1n) is 8.21. The summed E-state index contributed by atoms with van der Waals surface area (Å²) >= 11 is 9.69. The first-order chi connectivity index (χ1) is 13.5. The highest BCUT2D eigenvalue weighted by molar-refractivity contribution is 9.10. The first-order valence-corrected chi connectivity index (χ1v) is 9.38. The number of benzene rings is 3. The SMILES string of the molecule is N#CC(=Cc1cc(Cl)c(OCc2ccccc2F)c(Br)c1)c1ccccc1F. The second-order valence-electron chi connectivity index (χ2n) is 5.84. The van der Waals surface area contributed by atoms with E-state index in [-0.39, 0.29) is 28.6 Å². The average Bonchev–Trinajstić information content (AvgIpc) is 2.67. The van der Waals surface area contributed by atoms with Gasteiger partial charge in [-0.05, 0) is 51.8 Å². The standard InChI is InChI=1S/C22H13BrClF2NO/c23-18-10-14(9-16(12-27)17-6-2-4-8-21(17)26)11-19(24)22(18)28-13-15-5-1-3-7-20(15)25/h1-11H,13H2. The predicted molar refractivity (Wildman–Crippen MR) is 110 cm³/mol. The molecule has 140 valence electrons. The summed E-state index contributed by atoms with van der Waals surface area (Å²) in [6.45, 7) is 0.0127. The van der Waals surface area contributed by atoms with Gasteiger partial charge in [0.1, 0.15) is 18.2 Å². The Morgan fingerprint density at radius 2 is 1.75 bits per heavy atom. The van der Waals surface area contributed by atoms with E-state index in [2.05, 4.69) is 15.9 Å². The minimum Gasteiger partial charge on any atom is -0.486 e. The van der Waals surface area contributed by atoms with E-state index in [1.165, 1.54) is 24.3 Å². The zero-order chi connectivity index (χ0) is 20.1. The molecule has 0 bridgehead atoms. The monoisotopic (exact) mass is 459 g/mol. The van der Waals surface area contributed by atoms with Crippen LogP contribution in [0.25, 0.3) is 11.6 Å². The van der Waals surface area contributed by atoms with E-state index >= 15 is 0 Å². The molecule has 0 heterocycles. The van der Waals surface area contributed by atoms with Crippen LogP contribution >= 0.6 is 27.5 Å². The van der Waals surface area contributed by atoms with Crippen molar-refractivity contribution < 1.29 is 13.5 Å². The lowest BCUT2D eigenvalue weighted by Crippen LogP contribution is -1.99. The van der Waals surface area contributed by atoms with E-state index in [1.54, 1.807) is 42.5 Å². The van der Waals surface area contributed by atoms with Crippen molar-refractivity contribution in [1.29, 1.82) is 5.26 Å². The van der Waals surface area contributed by atoms with Gasteiger partial charge in [0.25, 0.3) is 0 Å². The molecule has 0 radical (unpaired) electrons. The van der Waals surface area contributed by atoms with Crippen molar-refractivity contribution in [1.82, 2.24) is 0 Å². The Balaban J connectivity index is 1.88. The molecular weight excluding hydrogens is 448 g/mol. The van der Waals surface area contributed by atoms with E-state index < -0.39 is 5.82 Å². The summed E-state index contributed by atoms with van der Waals surface area (Å²) < 4.78 is 33.9. The van der Waals surface area contributed by atoms with Gasteiger partial charge in [-0.2, -0.15) is 5.26 Å². The van der Waals surface area contributed by atoms with Crippen LogP contribution in [0, 0.1) is 23.0 Å². The molecule has 0 aliphatic carbocycles. The maximum Gasteiger partial charge on any atom is 0.152 e. The molecule has 0 N–H and O–H groups in total. The maximum atomic E-state index is 14.0. The van der Waals surface area contributed by atoms with Gasteiger partial charge < -0.3 is 4.74 Å². The summed E-state index contributed by atoms with van der Waals surface area (Å²) in [6.07, 6.45) is 1.54. The number of nitriles is 1. The van der Waals surface area contributed by atoms with E-state index in [0.29, 0.717) is 21.3 Å². The van der Waals surface area contributed by atoms with Gasteiger partial charge in [-0.3, -0.25) is 0 Å². The van der Waals surface area contributed by atoms with Gasteiger partial charge in [-0.1, -0.05) is 48.0 Å². The van der Waals surface area contributed by atoms with E-state index in [0.717, 1.165) is 0 Å². The van der Waals surface area contributed by atoms with E-state index in [4.69, 9.17) is 16.3 Å². The van der Waals surface area contributed by atoms with Crippen LogP contribution in [0.1, 0.15) is 16.7 Å². The Morgan fingerprint density at radius 1 is 1.07 bits per heavy atom. The van der Waals surface area contributed by atoms with Gasteiger partial charge in [0.2, 0.25) is 0 Å². The smallest absolute Gasteiger partial charge is 0.152 e. The average molecular weight is 461 g/mol. The van der Waals surface area contributed by atoms with Crippen LogP contribution in [-0.2, 0) is 6.61 Å². The van der Waals surface area contributed by atoms with Crippen molar-refractivity contribution in [2.75, 3.05) is 0 Å². The van der Waals surface area contributed by atoms with Gasteiger partial charge in [0.15, 0.2) is 5.75 Å². The Kier molecular flexibility index (Phi) is 6.45. The van der Waals surface area contributed by atoms with E-state index in [9.17, 15) is 14.0 Å². The Labute approximate surface area is 174 Å². The third-order valence-corrected chi connectivity index (χ3v) is 4.82. The topological polar surface area (TPSA) is 33.0 Å². The van der Waals surface area contributed by atoms with Crippen LogP contribution in [0.15, 0.2) is 65.1 Å². The Hall–Kier alpha value is -2.68. The van der Waals surface area contributed by atoms with Crippen molar-refractivity contribution in [2.45, 2.75) is 6.61 Å². The molecule has 6 heteroatoms. The fourth-order valence-electron chi connectivity index (χ4n) is 2.58. The van der Waals surface area contributed by atoms with Crippen molar-refractivity contribution in [3.05, 3.63) is 98.5 Å². The number of halogens is 4. The third kappa shape index (κ3) is 4.59. The van der Waals surface area contributed by atoms with Crippen LogP contribution in [-0.4, -0.2) is 0 Å². The molecule has 0 aliphatic rings. The number of allylic oxidation sites excluding steroid dienone is 1. The molecule has 28 heavy (non-hydrogen) atoms. The molecule has 3 aromatic carbocycles. The van der Waals surface area contributed by atoms with Gasteiger partial charge in [-0.25, -0.2) is 8.78 Å². The fourth-order valence-corrected chi connectivity index (χ4v) is 3.57. The lowest BCUT2D eigenvalue weighted by atomic mass is 10.0. The molecule has 0 fully saturated rings. The highest BCUT2D eigenvalue weighted by Gasteiger charge is 2.12. The quantitative estimate of drug-likeness (QED) is 0.303. The molecule has 0 spiro atoms. The predicted octanol–water partition coefficient (Wildman–Crippen LogP) is 7.02. The van der Waals surface area contributed by atoms with Crippen LogP contribution in [0.2, 0.25) is 5.02 Å². The van der Waals surface area contributed by atoms with Crippen molar-refractivity contribution >= 4 is 39.2 Å². The molecule has 3 rings (SSSR count). The van der Waals surface area contributed by atoms with Gasteiger partial charge in [-0.15, -0.1) is 0 Å².